The van der Waals surface area contributed by atoms with Crippen molar-refractivity contribution in [2.24, 2.45) is 0 Å². The number of para-hydroxylation sites is 1. The Balaban J connectivity index is 2.01. The number of hydrogen-bond acceptors (Lipinski definition) is 4. The normalized spacial score (nSPS) is 12.7. The maximum atomic E-state index is 13.3. The summed E-state index contributed by atoms with van der Waals surface area (Å²) in [4.78, 5) is 13.2. The Bertz CT molecular complexity index is 904. The van der Waals surface area contributed by atoms with Gasteiger partial charge in [0, 0.05) is 10.3 Å². The molecule has 0 unspecified atom stereocenters. The standard InChI is InChI=1S/C15H8FNO2S/c16-8-5-6-10-12(7-8)20-14-13(17-10)9-3-1-2-4-11(9)19-15(14)18/h1-7,17H. The highest BCUT2D eigenvalue weighted by Gasteiger charge is 2.22. The molecule has 5 heteroatoms. The lowest BCUT2D eigenvalue weighted by Crippen LogP contribution is -2.10. The van der Waals surface area contributed by atoms with Crippen LogP contribution in [0.4, 0.5) is 15.8 Å². The first-order valence-corrected chi connectivity index (χ1v) is 6.84. The van der Waals surface area contributed by atoms with Crippen molar-refractivity contribution in [1.29, 1.82) is 0 Å². The molecule has 0 saturated heterocycles. The van der Waals surface area contributed by atoms with Crippen LogP contribution in [0, 0.1) is 5.82 Å². The molecule has 1 aliphatic heterocycles. The van der Waals surface area contributed by atoms with E-state index in [1.807, 2.05) is 18.2 Å². The van der Waals surface area contributed by atoms with Crippen LogP contribution in [-0.2, 0) is 0 Å². The molecule has 0 fully saturated rings. The highest BCUT2D eigenvalue weighted by atomic mass is 32.2. The molecule has 3 aromatic rings. The van der Waals surface area contributed by atoms with E-state index in [2.05, 4.69) is 5.32 Å². The van der Waals surface area contributed by atoms with Crippen LogP contribution in [0.2, 0.25) is 0 Å². The summed E-state index contributed by atoms with van der Waals surface area (Å²) in [7, 11) is 0. The van der Waals surface area contributed by atoms with Crippen LogP contribution in [0.5, 0.6) is 0 Å². The van der Waals surface area contributed by atoms with Crippen LogP contribution in [0.25, 0.3) is 11.0 Å². The smallest absolute Gasteiger partial charge is 0.352 e. The Hall–Kier alpha value is -2.27. The molecular formula is C15H8FNO2S. The van der Waals surface area contributed by atoms with E-state index in [-0.39, 0.29) is 5.82 Å². The van der Waals surface area contributed by atoms with Gasteiger partial charge in [0.05, 0.1) is 11.4 Å². The Morgan fingerprint density at radius 3 is 2.90 bits per heavy atom. The molecule has 0 bridgehead atoms. The average molecular weight is 285 g/mol. The Morgan fingerprint density at radius 1 is 1.15 bits per heavy atom. The van der Waals surface area contributed by atoms with E-state index in [9.17, 15) is 9.18 Å². The maximum absolute atomic E-state index is 13.3. The third-order valence-corrected chi connectivity index (χ3v) is 4.32. The van der Waals surface area contributed by atoms with E-state index in [1.165, 1.54) is 23.9 Å². The second-order valence-electron chi connectivity index (χ2n) is 4.46. The Morgan fingerprint density at radius 2 is 2.00 bits per heavy atom. The first-order chi connectivity index (χ1) is 9.72. The summed E-state index contributed by atoms with van der Waals surface area (Å²) in [6.45, 7) is 0. The van der Waals surface area contributed by atoms with E-state index in [0.29, 0.717) is 15.4 Å². The summed E-state index contributed by atoms with van der Waals surface area (Å²) >= 11 is 1.23. The fourth-order valence-electron chi connectivity index (χ4n) is 2.28. The number of fused-ring (bicyclic) bond motifs is 4. The fraction of sp³-hybridized carbons (Fsp3) is 0. The van der Waals surface area contributed by atoms with Crippen molar-refractivity contribution >= 4 is 34.1 Å². The first kappa shape index (κ1) is 11.5. The Kier molecular flexibility index (Phi) is 2.37. The van der Waals surface area contributed by atoms with Gasteiger partial charge in [-0.1, -0.05) is 23.9 Å². The van der Waals surface area contributed by atoms with Crippen molar-refractivity contribution in [2.75, 3.05) is 5.32 Å². The third-order valence-electron chi connectivity index (χ3n) is 3.19. The van der Waals surface area contributed by atoms with Gasteiger partial charge >= 0.3 is 5.63 Å². The van der Waals surface area contributed by atoms with Crippen molar-refractivity contribution in [3.8, 4) is 0 Å². The van der Waals surface area contributed by atoms with Gasteiger partial charge in [-0.2, -0.15) is 0 Å². The van der Waals surface area contributed by atoms with Crippen LogP contribution in [0.3, 0.4) is 0 Å². The lowest BCUT2D eigenvalue weighted by atomic mass is 10.2. The molecule has 4 rings (SSSR count). The second-order valence-corrected chi connectivity index (χ2v) is 5.51. The van der Waals surface area contributed by atoms with Crippen molar-refractivity contribution < 1.29 is 8.81 Å². The largest absolute Gasteiger partial charge is 0.422 e. The molecular weight excluding hydrogens is 277 g/mol. The minimum atomic E-state index is -0.411. The molecule has 3 nitrogen and oxygen atoms in total. The van der Waals surface area contributed by atoms with Crippen molar-refractivity contribution in [3.63, 3.8) is 0 Å². The van der Waals surface area contributed by atoms with Crippen molar-refractivity contribution in [3.05, 3.63) is 58.7 Å². The van der Waals surface area contributed by atoms with Gasteiger partial charge in [-0.3, -0.25) is 0 Å². The monoisotopic (exact) mass is 285 g/mol. The summed E-state index contributed by atoms with van der Waals surface area (Å²) in [6.07, 6.45) is 0. The lowest BCUT2D eigenvalue weighted by molar-refractivity contribution is 0.544. The van der Waals surface area contributed by atoms with Crippen LogP contribution >= 0.6 is 11.8 Å². The molecule has 0 saturated carbocycles. The molecule has 0 aliphatic carbocycles. The van der Waals surface area contributed by atoms with Crippen molar-refractivity contribution in [2.45, 2.75) is 9.79 Å². The van der Waals surface area contributed by atoms with Crippen LogP contribution in [0.1, 0.15) is 0 Å². The average Bonchev–Trinajstić information content (AvgIpc) is 2.46. The zero-order chi connectivity index (χ0) is 13.7. The highest BCUT2D eigenvalue weighted by molar-refractivity contribution is 7.99. The predicted molar refractivity (Wildman–Crippen MR) is 76.3 cm³/mol. The predicted octanol–water partition coefficient (Wildman–Crippen LogP) is 4.14. The SMILES string of the molecule is O=c1oc2ccccc2c2c1Sc1cc(F)ccc1N2. The zero-order valence-corrected chi connectivity index (χ0v) is 11.0. The molecule has 20 heavy (non-hydrogen) atoms. The van der Waals surface area contributed by atoms with Gasteiger partial charge in [0.15, 0.2) is 0 Å². The summed E-state index contributed by atoms with van der Waals surface area (Å²) in [5.74, 6) is -0.327. The van der Waals surface area contributed by atoms with Gasteiger partial charge < -0.3 is 9.73 Å². The zero-order valence-electron chi connectivity index (χ0n) is 10.1. The molecule has 2 heterocycles. The minimum Gasteiger partial charge on any atom is -0.422 e. The quantitative estimate of drug-likeness (QED) is 0.493. The summed E-state index contributed by atoms with van der Waals surface area (Å²) in [5, 5.41) is 4.04. The molecule has 2 aromatic carbocycles. The number of anilines is 2. The van der Waals surface area contributed by atoms with Gasteiger partial charge in [0.1, 0.15) is 16.3 Å². The summed E-state index contributed by atoms with van der Waals surface area (Å²) < 4.78 is 18.6. The fourth-order valence-corrected chi connectivity index (χ4v) is 3.29. The van der Waals surface area contributed by atoms with E-state index in [1.54, 1.807) is 12.1 Å². The summed E-state index contributed by atoms with van der Waals surface area (Å²) in [5.41, 5.74) is 1.64. The Labute approximate surface area is 117 Å². The van der Waals surface area contributed by atoms with E-state index >= 15 is 0 Å². The van der Waals surface area contributed by atoms with E-state index in [0.717, 1.165) is 16.8 Å². The molecule has 0 radical (unpaired) electrons. The number of halogens is 1. The van der Waals surface area contributed by atoms with Crippen LogP contribution in [-0.4, -0.2) is 0 Å². The number of hydrogen-bond donors (Lipinski definition) is 1. The summed E-state index contributed by atoms with van der Waals surface area (Å²) in [6, 6.07) is 11.8. The molecule has 0 spiro atoms. The van der Waals surface area contributed by atoms with Gasteiger partial charge in [-0.25, -0.2) is 9.18 Å². The van der Waals surface area contributed by atoms with Gasteiger partial charge in [0.25, 0.3) is 0 Å². The number of nitrogens with one attached hydrogen (secondary N) is 1. The van der Waals surface area contributed by atoms with Gasteiger partial charge in [0.2, 0.25) is 0 Å². The molecule has 98 valence electrons. The molecule has 0 amide bonds. The van der Waals surface area contributed by atoms with E-state index < -0.39 is 5.63 Å². The molecule has 1 aliphatic rings. The van der Waals surface area contributed by atoms with Crippen molar-refractivity contribution in [1.82, 2.24) is 0 Å². The van der Waals surface area contributed by atoms with E-state index in [4.69, 9.17) is 4.42 Å². The van der Waals surface area contributed by atoms with Crippen LogP contribution in [0.15, 0.2) is 61.5 Å². The molecule has 1 aromatic heterocycles. The topological polar surface area (TPSA) is 42.2 Å². The second kappa shape index (κ2) is 4.11. The minimum absolute atomic E-state index is 0.327. The van der Waals surface area contributed by atoms with Gasteiger partial charge in [-0.05, 0) is 30.3 Å². The maximum Gasteiger partial charge on any atom is 0.352 e. The molecule has 1 N–H and O–H groups in total. The lowest BCUT2D eigenvalue weighted by Gasteiger charge is -2.20. The number of benzene rings is 2. The number of rotatable bonds is 0. The third kappa shape index (κ3) is 1.63. The molecule has 0 atom stereocenters. The highest BCUT2D eigenvalue weighted by Crippen LogP contribution is 2.45. The first-order valence-electron chi connectivity index (χ1n) is 6.02. The van der Waals surface area contributed by atoms with Gasteiger partial charge in [-0.15, -0.1) is 0 Å². The van der Waals surface area contributed by atoms with Crippen LogP contribution < -0.4 is 10.9 Å².